The van der Waals surface area contributed by atoms with Crippen LogP contribution in [0.15, 0.2) is 170 Å². The van der Waals surface area contributed by atoms with Crippen molar-refractivity contribution in [1.29, 1.82) is 0 Å². The molecule has 0 unspecified atom stereocenters. The third-order valence-electron chi connectivity index (χ3n) is 12.0. The van der Waals surface area contributed by atoms with Crippen molar-refractivity contribution in [3.05, 3.63) is 181 Å². The average molecular weight is 734 g/mol. The Morgan fingerprint density at radius 3 is 1.11 bits per heavy atom. The van der Waals surface area contributed by atoms with Gasteiger partial charge < -0.3 is 14.1 Å². The third kappa shape index (κ3) is 5.49. The van der Waals surface area contributed by atoms with E-state index >= 15 is 0 Å². The first kappa shape index (κ1) is 33.5. The fraction of sp³-hybridized carbons (Fsp3) is 0.111. The summed E-state index contributed by atoms with van der Waals surface area (Å²) in [5, 5.41) is 7.68. The third-order valence-corrected chi connectivity index (χ3v) is 12.0. The normalized spacial score (nSPS) is 12.0. The topological polar surface area (TPSA) is 25.6 Å². The van der Waals surface area contributed by atoms with Crippen molar-refractivity contribution in [1.82, 2.24) is 14.1 Å². The number of benzene rings is 8. The second-order valence-electron chi connectivity index (χ2n) is 15.7. The maximum absolute atomic E-state index is 3.72. The molecule has 8 aromatic carbocycles. The zero-order valence-corrected chi connectivity index (χ0v) is 32.4. The Labute approximate surface area is 332 Å². The van der Waals surface area contributed by atoms with Crippen LogP contribution in [0.5, 0.6) is 0 Å². The minimum absolute atomic E-state index is 1.08. The molecule has 1 N–H and O–H groups in total. The molecule has 0 atom stereocenters. The van der Waals surface area contributed by atoms with E-state index in [0.717, 1.165) is 36.7 Å². The maximum Gasteiger partial charge on any atom is 0.0541 e. The van der Waals surface area contributed by atoms with Gasteiger partial charge in [0.1, 0.15) is 0 Å². The van der Waals surface area contributed by atoms with Gasteiger partial charge in [0.25, 0.3) is 0 Å². The first-order valence-electron chi connectivity index (χ1n) is 20.5. The summed E-state index contributed by atoms with van der Waals surface area (Å²) in [6, 6.07) is 63.4. The molecule has 3 heteroatoms. The van der Waals surface area contributed by atoms with Crippen molar-refractivity contribution < 1.29 is 0 Å². The Hall–Kier alpha value is -6.84. The number of H-pyrrole nitrogens is 1. The van der Waals surface area contributed by atoms with Crippen molar-refractivity contribution in [3.8, 4) is 33.6 Å². The van der Waals surface area contributed by atoms with Gasteiger partial charge in [0.15, 0.2) is 0 Å². The number of hydrogen-bond acceptors (Lipinski definition) is 0. The van der Waals surface area contributed by atoms with Crippen molar-refractivity contribution in [2.75, 3.05) is 0 Å². The number of rotatable bonds is 8. The van der Waals surface area contributed by atoms with Gasteiger partial charge in [-0.3, -0.25) is 0 Å². The molecule has 3 nitrogen and oxygen atoms in total. The minimum atomic E-state index is 1.08. The zero-order valence-electron chi connectivity index (χ0n) is 32.4. The SMILES string of the molecule is CCCc1ccc2c(c1)c1cc(-c3ccc4[nH]c5ccc(-c6ccc7c(c6)c6cc(CCC)ccc6n7-c6ccccc6)cc5c4c3)ccc1n2-c1ccccc1. The summed E-state index contributed by atoms with van der Waals surface area (Å²) in [4.78, 5) is 3.72. The van der Waals surface area contributed by atoms with Crippen molar-refractivity contribution in [2.45, 2.75) is 39.5 Å². The predicted molar refractivity (Wildman–Crippen MR) is 243 cm³/mol. The summed E-state index contributed by atoms with van der Waals surface area (Å²) < 4.78 is 4.82. The summed E-state index contributed by atoms with van der Waals surface area (Å²) >= 11 is 0. The lowest BCUT2D eigenvalue weighted by molar-refractivity contribution is 0.923. The summed E-state index contributed by atoms with van der Waals surface area (Å²) in [7, 11) is 0. The van der Waals surface area contributed by atoms with E-state index in [9.17, 15) is 0 Å². The van der Waals surface area contributed by atoms with E-state index in [0.29, 0.717) is 0 Å². The van der Waals surface area contributed by atoms with Crippen LogP contribution in [0.1, 0.15) is 37.8 Å². The fourth-order valence-electron chi connectivity index (χ4n) is 9.36. The number of aryl methyl sites for hydroxylation is 2. The van der Waals surface area contributed by atoms with E-state index in [1.54, 1.807) is 0 Å². The summed E-state index contributed by atoms with van der Waals surface area (Å²) in [5.74, 6) is 0. The van der Waals surface area contributed by atoms with E-state index in [2.05, 4.69) is 198 Å². The predicted octanol–water partition coefficient (Wildman–Crippen LogP) is 14.8. The van der Waals surface area contributed by atoms with Gasteiger partial charge in [-0.25, -0.2) is 0 Å². The quantitative estimate of drug-likeness (QED) is 0.161. The molecule has 57 heavy (non-hydrogen) atoms. The Kier molecular flexibility index (Phi) is 7.89. The van der Waals surface area contributed by atoms with Gasteiger partial charge in [0.2, 0.25) is 0 Å². The molecule has 0 aliphatic rings. The van der Waals surface area contributed by atoms with Gasteiger partial charge in [0, 0.05) is 54.7 Å². The highest BCUT2D eigenvalue weighted by Crippen LogP contribution is 2.40. The lowest BCUT2D eigenvalue weighted by Gasteiger charge is -2.09. The standard InChI is InChI=1S/C54H43N3/c1-3-11-35-17-25-51-45(29-35)47-33-39(21-27-53(47)56(51)41-13-7-5-8-14-41)37-19-23-49-43(31-37)44-32-38(20-24-50(44)55-49)40-22-28-54-48(34-40)46-30-36(12-4-2)18-26-52(46)57(54)42-15-9-6-10-16-42/h5-10,13-34,55H,3-4,11-12H2,1-2H3. The average Bonchev–Trinajstić information content (AvgIpc) is 3.90. The van der Waals surface area contributed by atoms with E-state index in [1.165, 1.54) is 99.1 Å². The highest BCUT2D eigenvalue weighted by molar-refractivity contribution is 6.14. The molecule has 0 bridgehead atoms. The van der Waals surface area contributed by atoms with Crippen LogP contribution in [0.3, 0.4) is 0 Å². The number of aromatic nitrogens is 3. The number of para-hydroxylation sites is 2. The van der Waals surface area contributed by atoms with Crippen LogP contribution in [0, 0.1) is 0 Å². The smallest absolute Gasteiger partial charge is 0.0541 e. The highest BCUT2D eigenvalue weighted by atomic mass is 15.0. The molecule has 0 saturated carbocycles. The molecule has 0 radical (unpaired) electrons. The molecule has 0 saturated heterocycles. The minimum Gasteiger partial charge on any atom is -0.355 e. The van der Waals surface area contributed by atoms with Crippen LogP contribution < -0.4 is 0 Å². The van der Waals surface area contributed by atoms with Gasteiger partial charge >= 0.3 is 0 Å². The van der Waals surface area contributed by atoms with Crippen LogP contribution in [-0.2, 0) is 12.8 Å². The molecule has 0 fully saturated rings. The monoisotopic (exact) mass is 733 g/mol. The van der Waals surface area contributed by atoms with E-state index in [1.807, 2.05) is 0 Å². The summed E-state index contributed by atoms with van der Waals surface area (Å²) in [5.41, 5.74) is 17.3. The lowest BCUT2D eigenvalue weighted by Crippen LogP contribution is -1.93. The van der Waals surface area contributed by atoms with Gasteiger partial charge in [-0.15, -0.1) is 0 Å². The molecule has 0 spiro atoms. The Balaban J connectivity index is 1.04. The second-order valence-corrected chi connectivity index (χ2v) is 15.7. The Morgan fingerprint density at radius 1 is 0.351 bits per heavy atom. The fourth-order valence-corrected chi connectivity index (χ4v) is 9.36. The molecule has 11 rings (SSSR count). The first-order valence-corrected chi connectivity index (χ1v) is 20.5. The summed E-state index contributed by atoms with van der Waals surface area (Å²) in [6.45, 7) is 4.51. The Bertz CT molecular complexity index is 3080. The number of fused-ring (bicyclic) bond motifs is 9. The van der Waals surface area contributed by atoms with Gasteiger partial charge in [-0.1, -0.05) is 99.5 Å². The number of nitrogens with zero attached hydrogens (tertiary/aromatic N) is 2. The van der Waals surface area contributed by atoms with Gasteiger partial charge in [-0.2, -0.15) is 0 Å². The van der Waals surface area contributed by atoms with E-state index in [4.69, 9.17) is 0 Å². The molecule has 0 aliphatic carbocycles. The number of aromatic amines is 1. The van der Waals surface area contributed by atoms with Crippen molar-refractivity contribution >= 4 is 65.4 Å². The Morgan fingerprint density at radius 2 is 0.702 bits per heavy atom. The molecule has 0 aliphatic heterocycles. The molecule has 3 heterocycles. The molecule has 3 aromatic heterocycles. The molecular weight excluding hydrogens is 691 g/mol. The molecule has 11 aromatic rings. The van der Waals surface area contributed by atoms with Gasteiger partial charge in [0.05, 0.1) is 22.1 Å². The second kappa shape index (κ2) is 13.4. The maximum atomic E-state index is 3.72. The van der Waals surface area contributed by atoms with Crippen LogP contribution >= 0.6 is 0 Å². The van der Waals surface area contributed by atoms with Crippen molar-refractivity contribution in [2.24, 2.45) is 0 Å². The van der Waals surface area contributed by atoms with Gasteiger partial charge in [-0.05, 0) is 143 Å². The largest absolute Gasteiger partial charge is 0.355 e. The van der Waals surface area contributed by atoms with E-state index in [-0.39, 0.29) is 0 Å². The van der Waals surface area contributed by atoms with Crippen molar-refractivity contribution in [3.63, 3.8) is 0 Å². The number of hydrogen-bond donors (Lipinski definition) is 1. The van der Waals surface area contributed by atoms with Crippen LogP contribution in [0.4, 0.5) is 0 Å². The molecular formula is C54H43N3. The van der Waals surface area contributed by atoms with Crippen LogP contribution in [0.2, 0.25) is 0 Å². The lowest BCUT2D eigenvalue weighted by atomic mass is 9.98. The number of nitrogens with one attached hydrogen (secondary N) is 1. The molecule has 274 valence electrons. The highest BCUT2D eigenvalue weighted by Gasteiger charge is 2.17. The van der Waals surface area contributed by atoms with Crippen LogP contribution in [0.25, 0.3) is 99.0 Å². The van der Waals surface area contributed by atoms with Crippen LogP contribution in [-0.4, -0.2) is 14.1 Å². The first-order chi connectivity index (χ1) is 28.1. The van der Waals surface area contributed by atoms with E-state index < -0.39 is 0 Å². The molecule has 0 amide bonds. The zero-order chi connectivity index (χ0) is 38.0. The summed E-state index contributed by atoms with van der Waals surface area (Å²) in [6.07, 6.45) is 4.43.